The van der Waals surface area contributed by atoms with Crippen LogP contribution in [0.5, 0.6) is 0 Å². The number of carbonyl (C=O) groups is 2. The van der Waals surface area contributed by atoms with Crippen LogP contribution in [0.1, 0.15) is 33.6 Å². The van der Waals surface area contributed by atoms with Gasteiger partial charge in [-0.25, -0.2) is 0 Å². The van der Waals surface area contributed by atoms with Crippen LogP contribution in [0.4, 0.5) is 0 Å². The standard InChI is InChI=1S/C12H18O3/c1-5-12(4,15-11(3)14)8-6-7-10(2)9-13/h5,7,9H,1,6,8H2,2-4H3/b10-7+. The van der Waals surface area contributed by atoms with Gasteiger partial charge in [-0.3, -0.25) is 9.59 Å². The summed E-state index contributed by atoms with van der Waals surface area (Å²) >= 11 is 0. The second-order valence-corrected chi connectivity index (χ2v) is 3.72. The molecule has 0 bridgehead atoms. The molecule has 1 unspecified atom stereocenters. The molecule has 0 spiro atoms. The van der Waals surface area contributed by atoms with Gasteiger partial charge in [0.05, 0.1) is 0 Å². The molecule has 0 saturated heterocycles. The summed E-state index contributed by atoms with van der Waals surface area (Å²) in [4.78, 5) is 21.2. The zero-order valence-electron chi connectivity index (χ0n) is 9.58. The molecule has 0 aromatic carbocycles. The summed E-state index contributed by atoms with van der Waals surface area (Å²) in [6, 6.07) is 0. The largest absolute Gasteiger partial charge is 0.455 e. The van der Waals surface area contributed by atoms with Gasteiger partial charge in [0, 0.05) is 6.92 Å². The zero-order chi connectivity index (χ0) is 11.9. The van der Waals surface area contributed by atoms with Crippen molar-refractivity contribution in [1.29, 1.82) is 0 Å². The van der Waals surface area contributed by atoms with Crippen LogP contribution in [0.15, 0.2) is 24.3 Å². The zero-order valence-corrected chi connectivity index (χ0v) is 9.58. The van der Waals surface area contributed by atoms with E-state index in [1.807, 2.05) is 6.08 Å². The van der Waals surface area contributed by atoms with Gasteiger partial charge in [-0.15, -0.1) is 0 Å². The second-order valence-electron chi connectivity index (χ2n) is 3.72. The average molecular weight is 210 g/mol. The monoisotopic (exact) mass is 210 g/mol. The first kappa shape index (κ1) is 13.6. The van der Waals surface area contributed by atoms with Crippen molar-refractivity contribution < 1.29 is 14.3 Å². The van der Waals surface area contributed by atoms with Gasteiger partial charge < -0.3 is 4.74 Å². The van der Waals surface area contributed by atoms with Crippen LogP contribution < -0.4 is 0 Å². The van der Waals surface area contributed by atoms with Gasteiger partial charge in [-0.1, -0.05) is 12.7 Å². The molecule has 3 nitrogen and oxygen atoms in total. The lowest BCUT2D eigenvalue weighted by Gasteiger charge is -2.24. The van der Waals surface area contributed by atoms with E-state index in [0.717, 1.165) is 6.29 Å². The van der Waals surface area contributed by atoms with Crippen molar-refractivity contribution in [3.8, 4) is 0 Å². The predicted molar refractivity (Wildman–Crippen MR) is 59.4 cm³/mol. The first-order chi connectivity index (χ1) is 6.93. The van der Waals surface area contributed by atoms with Crippen molar-refractivity contribution in [2.45, 2.75) is 39.2 Å². The van der Waals surface area contributed by atoms with E-state index in [0.29, 0.717) is 18.4 Å². The van der Waals surface area contributed by atoms with Crippen molar-refractivity contribution in [2.75, 3.05) is 0 Å². The number of esters is 1. The summed E-state index contributed by atoms with van der Waals surface area (Å²) in [6.45, 7) is 8.54. The fourth-order valence-corrected chi connectivity index (χ4v) is 1.16. The molecular weight excluding hydrogens is 192 g/mol. The quantitative estimate of drug-likeness (QED) is 0.292. The Morgan fingerprint density at radius 3 is 2.47 bits per heavy atom. The Hall–Kier alpha value is -1.38. The number of hydrogen-bond acceptors (Lipinski definition) is 3. The first-order valence-electron chi connectivity index (χ1n) is 4.88. The lowest BCUT2D eigenvalue weighted by atomic mass is 9.99. The third kappa shape index (κ3) is 5.83. The maximum absolute atomic E-state index is 10.8. The molecule has 0 rings (SSSR count). The molecule has 0 radical (unpaired) electrons. The van der Waals surface area contributed by atoms with E-state index in [2.05, 4.69) is 6.58 Å². The Labute approximate surface area is 90.8 Å². The van der Waals surface area contributed by atoms with Crippen LogP contribution in [0.2, 0.25) is 0 Å². The first-order valence-corrected chi connectivity index (χ1v) is 4.88. The van der Waals surface area contributed by atoms with E-state index in [9.17, 15) is 9.59 Å². The molecule has 0 fully saturated rings. The molecule has 0 aromatic rings. The van der Waals surface area contributed by atoms with Crippen LogP contribution in [-0.4, -0.2) is 17.9 Å². The lowest BCUT2D eigenvalue weighted by Crippen LogP contribution is -2.27. The number of ether oxygens (including phenoxy) is 1. The van der Waals surface area contributed by atoms with Gasteiger partial charge >= 0.3 is 5.97 Å². The highest BCUT2D eigenvalue weighted by Crippen LogP contribution is 2.19. The molecule has 0 aliphatic rings. The smallest absolute Gasteiger partial charge is 0.303 e. The van der Waals surface area contributed by atoms with E-state index in [1.165, 1.54) is 6.92 Å². The van der Waals surface area contributed by atoms with Gasteiger partial charge in [-0.2, -0.15) is 0 Å². The van der Waals surface area contributed by atoms with Gasteiger partial charge in [0.2, 0.25) is 0 Å². The van der Waals surface area contributed by atoms with Crippen molar-refractivity contribution >= 4 is 12.3 Å². The molecule has 0 N–H and O–H groups in total. The fourth-order valence-electron chi connectivity index (χ4n) is 1.16. The minimum atomic E-state index is -0.647. The summed E-state index contributed by atoms with van der Waals surface area (Å²) in [7, 11) is 0. The van der Waals surface area contributed by atoms with Crippen LogP contribution in [-0.2, 0) is 14.3 Å². The molecule has 0 heterocycles. The Balaban J connectivity index is 4.26. The minimum absolute atomic E-state index is 0.325. The van der Waals surface area contributed by atoms with Gasteiger partial charge in [-0.05, 0) is 38.3 Å². The Morgan fingerprint density at radius 1 is 1.47 bits per heavy atom. The number of rotatable bonds is 6. The number of allylic oxidation sites excluding steroid dienone is 2. The van der Waals surface area contributed by atoms with E-state index < -0.39 is 5.60 Å². The van der Waals surface area contributed by atoms with Crippen LogP contribution >= 0.6 is 0 Å². The summed E-state index contributed by atoms with van der Waals surface area (Å²) in [5.74, 6) is -0.325. The van der Waals surface area contributed by atoms with E-state index in [-0.39, 0.29) is 5.97 Å². The third-order valence-corrected chi connectivity index (χ3v) is 2.10. The molecule has 0 amide bonds. The molecule has 15 heavy (non-hydrogen) atoms. The Kier molecular flexibility index (Phi) is 5.60. The van der Waals surface area contributed by atoms with Crippen LogP contribution in [0.3, 0.4) is 0 Å². The van der Waals surface area contributed by atoms with E-state index >= 15 is 0 Å². The highest BCUT2D eigenvalue weighted by atomic mass is 16.6. The van der Waals surface area contributed by atoms with Gasteiger partial charge in [0.25, 0.3) is 0 Å². The maximum Gasteiger partial charge on any atom is 0.303 e. The predicted octanol–water partition coefficient (Wildman–Crippen LogP) is 2.42. The topological polar surface area (TPSA) is 43.4 Å². The molecule has 3 heteroatoms. The summed E-state index contributed by atoms with van der Waals surface area (Å²) in [5.41, 5.74) is 0.0372. The van der Waals surface area contributed by atoms with Crippen molar-refractivity contribution in [1.82, 2.24) is 0 Å². The van der Waals surface area contributed by atoms with Crippen LogP contribution in [0, 0.1) is 0 Å². The number of aldehydes is 1. The fraction of sp³-hybridized carbons (Fsp3) is 0.500. The summed E-state index contributed by atoms with van der Waals surface area (Å²) in [5, 5.41) is 0. The second kappa shape index (κ2) is 6.17. The van der Waals surface area contributed by atoms with Crippen molar-refractivity contribution in [3.05, 3.63) is 24.3 Å². The maximum atomic E-state index is 10.8. The molecule has 0 aromatic heterocycles. The highest BCUT2D eigenvalue weighted by molar-refractivity contribution is 5.71. The molecule has 0 saturated carbocycles. The Bertz CT molecular complexity index is 279. The van der Waals surface area contributed by atoms with Crippen LogP contribution in [0.25, 0.3) is 0 Å². The van der Waals surface area contributed by atoms with Gasteiger partial charge in [0.1, 0.15) is 11.9 Å². The van der Waals surface area contributed by atoms with Gasteiger partial charge in [0.15, 0.2) is 0 Å². The molecular formula is C12H18O3. The van der Waals surface area contributed by atoms with Crippen molar-refractivity contribution in [2.24, 2.45) is 0 Å². The summed E-state index contributed by atoms with van der Waals surface area (Å²) in [6.07, 6.45) is 5.54. The molecule has 0 aliphatic carbocycles. The SMILES string of the molecule is C=CC(C)(CC/C=C(\C)C=O)OC(C)=O. The lowest BCUT2D eigenvalue weighted by molar-refractivity contribution is -0.151. The highest BCUT2D eigenvalue weighted by Gasteiger charge is 2.22. The minimum Gasteiger partial charge on any atom is -0.455 e. The number of hydrogen-bond donors (Lipinski definition) is 0. The van der Waals surface area contributed by atoms with Crippen molar-refractivity contribution in [3.63, 3.8) is 0 Å². The normalized spacial score (nSPS) is 15.3. The third-order valence-electron chi connectivity index (χ3n) is 2.10. The molecule has 84 valence electrons. The molecule has 0 aliphatic heterocycles. The van der Waals surface area contributed by atoms with E-state index in [4.69, 9.17) is 4.74 Å². The van der Waals surface area contributed by atoms with E-state index in [1.54, 1.807) is 19.9 Å². The number of carbonyl (C=O) groups excluding carboxylic acids is 2. The summed E-state index contributed by atoms with van der Waals surface area (Å²) < 4.78 is 5.13. The average Bonchev–Trinajstić information content (AvgIpc) is 2.16. The molecule has 1 atom stereocenters. The Morgan fingerprint density at radius 2 is 2.07 bits per heavy atom.